The second kappa shape index (κ2) is 11.0. The van der Waals surface area contributed by atoms with Crippen molar-refractivity contribution in [2.45, 2.75) is 83.6 Å². The first-order chi connectivity index (χ1) is 16.0. The molecular formula is C24H34F3N3O4. The molecule has 34 heavy (non-hydrogen) atoms. The molecule has 1 aliphatic carbocycles. The van der Waals surface area contributed by atoms with E-state index >= 15 is 0 Å². The average Bonchev–Trinajstić information content (AvgIpc) is 3.21. The Morgan fingerprint density at radius 3 is 2.56 bits per heavy atom. The van der Waals surface area contributed by atoms with Gasteiger partial charge in [0.2, 0.25) is 5.91 Å². The van der Waals surface area contributed by atoms with Gasteiger partial charge in [-0.05, 0) is 50.2 Å². The van der Waals surface area contributed by atoms with Crippen LogP contribution < -0.4 is 5.32 Å². The lowest BCUT2D eigenvalue weighted by molar-refractivity contribution is -0.143. The Morgan fingerprint density at radius 1 is 1.26 bits per heavy atom. The lowest BCUT2D eigenvalue weighted by Crippen LogP contribution is -2.46. The van der Waals surface area contributed by atoms with Gasteiger partial charge in [-0.15, -0.1) is 0 Å². The minimum absolute atomic E-state index is 0.0874. The summed E-state index contributed by atoms with van der Waals surface area (Å²) in [6.45, 7) is 5.43. The van der Waals surface area contributed by atoms with Crippen molar-refractivity contribution >= 4 is 11.9 Å². The van der Waals surface area contributed by atoms with Gasteiger partial charge in [0.1, 0.15) is 0 Å². The first-order valence-corrected chi connectivity index (χ1v) is 11.9. The van der Waals surface area contributed by atoms with Crippen LogP contribution in [0.15, 0.2) is 12.3 Å². The molecule has 2 N–H and O–H groups in total. The minimum atomic E-state index is -4.42. The van der Waals surface area contributed by atoms with E-state index in [9.17, 15) is 18.0 Å². The number of carbonyl (C=O) groups excluding carboxylic acids is 1. The summed E-state index contributed by atoms with van der Waals surface area (Å²) in [5.41, 5.74) is 0.0195. The van der Waals surface area contributed by atoms with Crippen molar-refractivity contribution in [1.82, 2.24) is 15.2 Å². The lowest BCUT2D eigenvalue weighted by Gasteiger charge is -2.37. The molecule has 0 radical (unpaired) electrons. The van der Waals surface area contributed by atoms with Crippen LogP contribution in [0.3, 0.4) is 0 Å². The number of aliphatic carboxylic acids is 1. The van der Waals surface area contributed by atoms with E-state index in [0.29, 0.717) is 36.3 Å². The number of nitrogens with zero attached hydrogens (tertiary/aromatic N) is 2. The van der Waals surface area contributed by atoms with E-state index < -0.39 is 23.1 Å². The Balaban J connectivity index is 0.000000751. The largest absolute Gasteiger partial charge is 0.481 e. The predicted molar refractivity (Wildman–Crippen MR) is 119 cm³/mol. The SMILES string of the molecule is CC(=O)O.CC[C@]1(C(=O)N2CCc3ncc(C(F)(F)F)cc3C2)CCC(NC2CCOCC2)C1. The van der Waals surface area contributed by atoms with Gasteiger partial charge in [0.25, 0.3) is 5.97 Å². The Labute approximate surface area is 198 Å². The standard InChI is InChI=1S/C22H30F3N3O2.C2H4O2/c1-2-21(7-3-18(12-21)27-17-5-9-30-10-6-17)20(29)28-8-4-19-15(14-28)11-16(13-26-19)22(23,24)25;1-2(3)4/h11,13,17-18,27H,2-10,12,14H2,1H3;1H3,(H,3,4)/t18?,21-;/m0./s1. The summed E-state index contributed by atoms with van der Waals surface area (Å²) in [5.74, 6) is -0.746. The number of amides is 1. The smallest absolute Gasteiger partial charge is 0.417 e. The minimum Gasteiger partial charge on any atom is -0.481 e. The molecule has 3 aliphatic rings. The van der Waals surface area contributed by atoms with Gasteiger partial charge in [-0.2, -0.15) is 13.2 Å². The zero-order chi connectivity index (χ0) is 24.9. The molecule has 0 aromatic carbocycles. The number of carboxylic acid groups (broad SMARTS) is 1. The zero-order valence-corrected chi connectivity index (χ0v) is 19.8. The van der Waals surface area contributed by atoms with E-state index in [4.69, 9.17) is 14.6 Å². The third-order valence-corrected chi connectivity index (χ3v) is 7.09. The molecule has 190 valence electrons. The van der Waals surface area contributed by atoms with Crippen LogP contribution in [0.25, 0.3) is 0 Å². The highest BCUT2D eigenvalue weighted by Gasteiger charge is 2.46. The van der Waals surface area contributed by atoms with Gasteiger partial charge in [0, 0.05) is 63.6 Å². The van der Waals surface area contributed by atoms with Crippen LogP contribution in [-0.2, 0) is 33.5 Å². The van der Waals surface area contributed by atoms with Gasteiger partial charge in [0.05, 0.1) is 11.0 Å². The number of aromatic nitrogens is 1. The highest BCUT2D eigenvalue weighted by Crippen LogP contribution is 2.44. The molecule has 1 unspecified atom stereocenters. The van der Waals surface area contributed by atoms with Gasteiger partial charge < -0.3 is 20.1 Å². The molecule has 1 saturated heterocycles. The fourth-order valence-corrected chi connectivity index (χ4v) is 5.22. The molecule has 1 amide bonds. The summed E-state index contributed by atoms with van der Waals surface area (Å²) < 4.78 is 44.7. The molecule has 2 aliphatic heterocycles. The third kappa shape index (κ3) is 6.47. The Morgan fingerprint density at radius 2 is 1.94 bits per heavy atom. The summed E-state index contributed by atoms with van der Waals surface area (Å²) >= 11 is 0. The maximum Gasteiger partial charge on any atom is 0.417 e. The number of hydrogen-bond acceptors (Lipinski definition) is 5. The van der Waals surface area contributed by atoms with E-state index in [0.717, 1.165) is 70.9 Å². The first kappa shape index (κ1) is 26.4. The van der Waals surface area contributed by atoms with Crippen molar-refractivity contribution in [2.75, 3.05) is 19.8 Å². The van der Waals surface area contributed by atoms with Crippen molar-refractivity contribution in [3.05, 3.63) is 29.1 Å². The number of carbonyl (C=O) groups is 2. The number of ether oxygens (including phenoxy) is 1. The van der Waals surface area contributed by atoms with Crippen LogP contribution >= 0.6 is 0 Å². The summed E-state index contributed by atoms with van der Waals surface area (Å²) in [6.07, 6.45) is 2.31. The molecule has 2 atom stereocenters. The Kier molecular flexibility index (Phi) is 8.57. The van der Waals surface area contributed by atoms with E-state index in [1.54, 1.807) is 4.90 Å². The number of carboxylic acids is 1. The van der Waals surface area contributed by atoms with Crippen LogP contribution in [0.5, 0.6) is 0 Å². The number of fused-ring (bicyclic) bond motifs is 1. The second-order valence-corrected chi connectivity index (χ2v) is 9.45. The molecule has 1 aromatic rings. The molecule has 0 spiro atoms. The van der Waals surface area contributed by atoms with Crippen LogP contribution in [-0.4, -0.2) is 58.7 Å². The van der Waals surface area contributed by atoms with Crippen LogP contribution in [0, 0.1) is 5.41 Å². The highest BCUT2D eigenvalue weighted by atomic mass is 19.4. The quantitative estimate of drug-likeness (QED) is 0.674. The average molecular weight is 486 g/mol. The number of alkyl halides is 3. The number of nitrogens with one attached hydrogen (secondary N) is 1. The zero-order valence-electron chi connectivity index (χ0n) is 19.8. The molecule has 4 rings (SSSR count). The van der Waals surface area contributed by atoms with Crippen molar-refractivity contribution in [3.63, 3.8) is 0 Å². The molecule has 1 saturated carbocycles. The molecule has 1 aromatic heterocycles. The fourth-order valence-electron chi connectivity index (χ4n) is 5.22. The fraction of sp³-hybridized carbons (Fsp3) is 0.708. The van der Waals surface area contributed by atoms with Crippen molar-refractivity contribution in [2.24, 2.45) is 5.41 Å². The number of hydrogen-bond donors (Lipinski definition) is 2. The second-order valence-electron chi connectivity index (χ2n) is 9.45. The molecule has 2 fully saturated rings. The van der Waals surface area contributed by atoms with Gasteiger partial charge in [-0.1, -0.05) is 6.92 Å². The number of halogens is 3. The van der Waals surface area contributed by atoms with Gasteiger partial charge in [-0.25, -0.2) is 0 Å². The highest BCUT2D eigenvalue weighted by molar-refractivity contribution is 5.83. The summed E-state index contributed by atoms with van der Waals surface area (Å²) in [7, 11) is 0. The maximum absolute atomic E-state index is 13.5. The Hall–Kier alpha value is -2.20. The first-order valence-electron chi connectivity index (χ1n) is 11.9. The maximum atomic E-state index is 13.5. The van der Waals surface area contributed by atoms with E-state index in [2.05, 4.69) is 17.2 Å². The van der Waals surface area contributed by atoms with Crippen LogP contribution in [0.4, 0.5) is 13.2 Å². The monoisotopic (exact) mass is 485 g/mol. The van der Waals surface area contributed by atoms with Crippen LogP contribution in [0.2, 0.25) is 0 Å². The number of pyridine rings is 1. The topological polar surface area (TPSA) is 91.8 Å². The van der Waals surface area contributed by atoms with Crippen molar-refractivity contribution in [1.29, 1.82) is 0 Å². The normalized spacial score (nSPS) is 25.3. The Bertz CT molecular complexity index is 870. The summed E-state index contributed by atoms with van der Waals surface area (Å²) in [4.78, 5) is 28.3. The van der Waals surface area contributed by atoms with E-state index in [-0.39, 0.29) is 12.5 Å². The molecule has 0 bridgehead atoms. The summed E-state index contributed by atoms with van der Waals surface area (Å²) in [5, 5.41) is 11.1. The van der Waals surface area contributed by atoms with Crippen molar-refractivity contribution in [3.8, 4) is 0 Å². The van der Waals surface area contributed by atoms with E-state index in [1.165, 1.54) is 0 Å². The third-order valence-electron chi connectivity index (χ3n) is 7.09. The summed E-state index contributed by atoms with van der Waals surface area (Å²) in [6, 6.07) is 1.91. The number of rotatable bonds is 4. The molecule has 10 heteroatoms. The van der Waals surface area contributed by atoms with Gasteiger partial charge in [-0.3, -0.25) is 14.6 Å². The van der Waals surface area contributed by atoms with Gasteiger partial charge in [0.15, 0.2) is 0 Å². The molecular weight excluding hydrogens is 451 g/mol. The molecule has 7 nitrogen and oxygen atoms in total. The molecule has 3 heterocycles. The van der Waals surface area contributed by atoms with E-state index in [1.807, 2.05) is 0 Å². The van der Waals surface area contributed by atoms with Crippen molar-refractivity contribution < 1.29 is 32.6 Å². The predicted octanol–water partition coefficient (Wildman–Crippen LogP) is 3.79. The lowest BCUT2D eigenvalue weighted by atomic mass is 9.81. The van der Waals surface area contributed by atoms with Crippen LogP contribution in [0.1, 0.15) is 69.2 Å². The van der Waals surface area contributed by atoms with Gasteiger partial charge >= 0.3 is 6.18 Å².